The van der Waals surface area contributed by atoms with E-state index in [-0.39, 0.29) is 6.61 Å². The molecule has 5 heteroatoms. The maximum Gasteiger partial charge on any atom is 0.300 e. The summed E-state index contributed by atoms with van der Waals surface area (Å²) < 4.78 is 0. The van der Waals surface area contributed by atoms with E-state index in [2.05, 4.69) is 0 Å². The van der Waals surface area contributed by atoms with Gasteiger partial charge in [0.05, 0.1) is 0 Å². The molecule has 0 saturated heterocycles. The van der Waals surface area contributed by atoms with E-state index in [1.165, 1.54) is 5.56 Å². The third-order valence-corrected chi connectivity index (χ3v) is 3.45. The van der Waals surface area contributed by atoms with Crippen LogP contribution in [0.5, 0.6) is 0 Å². The molecule has 2 aromatic carbocycles. The number of rotatable bonds is 6. The van der Waals surface area contributed by atoms with Crippen LogP contribution < -0.4 is 5.73 Å². The number of aryl methyl sites for hydroxylation is 1. The standard InChI is InChI=1S/C17H21NO2.C2H4O2/c18-12-14-5-9-16(10-6-14)17(20)15-7-3-13(4-8-15)2-1-11-19;1-2(3)4/h3-10,17,19-20H,1-2,11-12,18H2;1H3,(H,3,4). The van der Waals surface area contributed by atoms with Gasteiger partial charge in [-0.2, -0.15) is 0 Å². The number of nitrogens with two attached hydrogens (primary N) is 1. The van der Waals surface area contributed by atoms with Gasteiger partial charge < -0.3 is 21.1 Å². The van der Waals surface area contributed by atoms with Gasteiger partial charge in [-0.05, 0) is 35.1 Å². The zero-order valence-corrected chi connectivity index (χ0v) is 13.9. The summed E-state index contributed by atoms with van der Waals surface area (Å²) in [4.78, 5) is 9.00. The average Bonchev–Trinajstić information content (AvgIpc) is 2.59. The van der Waals surface area contributed by atoms with E-state index in [1.807, 2.05) is 48.5 Å². The van der Waals surface area contributed by atoms with Crippen LogP contribution in [0.4, 0.5) is 0 Å². The highest BCUT2D eigenvalue weighted by Crippen LogP contribution is 2.22. The smallest absolute Gasteiger partial charge is 0.300 e. The first-order valence-electron chi connectivity index (χ1n) is 7.84. The molecular formula is C19H25NO4. The van der Waals surface area contributed by atoms with Gasteiger partial charge in [0.25, 0.3) is 5.97 Å². The van der Waals surface area contributed by atoms with Gasteiger partial charge in [-0.25, -0.2) is 0 Å². The Morgan fingerprint density at radius 2 is 1.42 bits per heavy atom. The van der Waals surface area contributed by atoms with Crippen molar-refractivity contribution in [2.45, 2.75) is 32.4 Å². The Balaban J connectivity index is 0.000000648. The van der Waals surface area contributed by atoms with Crippen molar-refractivity contribution in [1.29, 1.82) is 0 Å². The number of carboxylic acid groups (broad SMARTS) is 1. The van der Waals surface area contributed by atoms with Crippen molar-refractivity contribution in [2.24, 2.45) is 5.73 Å². The normalized spacial score (nSPS) is 11.3. The van der Waals surface area contributed by atoms with Crippen LogP contribution in [0.3, 0.4) is 0 Å². The molecule has 0 bridgehead atoms. The highest BCUT2D eigenvalue weighted by atomic mass is 16.4. The van der Waals surface area contributed by atoms with Crippen molar-refractivity contribution in [3.8, 4) is 0 Å². The van der Waals surface area contributed by atoms with Gasteiger partial charge >= 0.3 is 0 Å². The minimum Gasteiger partial charge on any atom is -0.481 e. The number of hydrogen-bond donors (Lipinski definition) is 4. The van der Waals surface area contributed by atoms with E-state index in [1.54, 1.807) is 0 Å². The van der Waals surface area contributed by atoms with E-state index < -0.39 is 12.1 Å². The lowest BCUT2D eigenvalue weighted by Crippen LogP contribution is -2.01. The van der Waals surface area contributed by atoms with E-state index in [9.17, 15) is 5.11 Å². The predicted octanol–water partition coefficient (Wildman–Crippen LogP) is 2.24. The summed E-state index contributed by atoms with van der Waals surface area (Å²) in [7, 11) is 0. The molecule has 0 radical (unpaired) electrons. The lowest BCUT2D eigenvalue weighted by Gasteiger charge is -2.12. The molecule has 0 fully saturated rings. The Labute approximate surface area is 142 Å². The van der Waals surface area contributed by atoms with Crippen molar-refractivity contribution >= 4 is 5.97 Å². The number of aliphatic carboxylic acids is 1. The minimum atomic E-state index is -0.833. The highest BCUT2D eigenvalue weighted by Gasteiger charge is 2.10. The molecule has 0 heterocycles. The monoisotopic (exact) mass is 331 g/mol. The molecule has 24 heavy (non-hydrogen) atoms. The number of aliphatic hydroxyl groups is 2. The number of benzene rings is 2. The maximum absolute atomic E-state index is 10.4. The Kier molecular flexibility index (Phi) is 8.71. The number of carboxylic acids is 1. The zero-order chi connectivity index (χ0) is 17.9. The third kappa shape index (κ3) is 6.91. The summed E-state index contributed by atoms with van der Waals surface area (Å²) in [5.74, 6) is -0.833. The Hall–Kier alpha value is -2.21. The maximum atomic E-state index is 10.4. The molecule has 0 aromatic heterocycles. The Morgan fingerprint density at radius 1 is 1.00 bits per heavy atom. The van der Waals surface area contributed by atoms with Crippen molar-refractivity contribution in [1.82, 2.24) is 0 Å². The first-order chi connectivity index (χ1) is 11.5. The van der Waals surface area contributed by atoms with Gasteiger partial charge in [0.15, 0.2) is 0 Å². The molecule has 0 amide bonds. The van der Waals surface area contributed by atoms with Crippen LogP contribution in [0.2, 0.25) is 0 Å². The number of hydrogen-bond acceptors (Lipinski definition) is 4. The van der Waals surface area contributed by atoms with E-state index in [0.29, 0.717) is 6.54 Å². The van der Waals surface area contributed by atoms with E-state index >= 15 is 0 Å². The lowest BCUT2D eigenvalue weighted by atomic mass is 9.98. The summed E-state index contributed by atoms with van der Waals surface area (Å²) in [6.07, 6.45) is 1.01. The highest BCUT2D eigenvalue weighted by molar-refractivity contribution is 5.62. The average molecular weight is 331 g/mol. The summed E-state index contributed by atoms with van der Waals surface area (Å²) in [6, 6.07) is 15.6. The quantitative estimate of drug-likeness (QED) is 0.650. The van der Waals surface area contributed by atoms with Crippen LogP contribution in [-0.2, 0) is 17.8 Å². The molecule has 0 aliphatic rings. The summed E-state index contributed by atoms with van der Waals surface area (Å²) >= 11 is 0. The summed E-state index contributed by atoms with van der Waals surface area (Å²) in [5, 5.41) is 26.6. The molecule has 0 aliphatic carbocycles. The van der Waals surface area contributed by atoms with Crippen molar-refractivity contribution in [2.75, 3.05) is 6.61 Å². The van der Waals surface area contributed by atoms with Crippen molar-refractivity contribution in [3.05, 3.63) is 70.8 Å². The second-order valence-electron chi connectivity index (χ2n) is 5.44. The first kappa shape index (κ1) is 19.8. The van der Waals surface area contributed by atoms with Crippen LogP contribution in [0.1, 0.15) is 41.7 Å². The Morgan fingerprint density at radius 3 is 1.79 bits per heavy atom. The third-order valence-electron chi connectivity index (χ3n) is 3.45. The largest absolute Gasteiger partial charge is 0.481 e. The van der Waals surface area contributed by atoms with Crippen LogP contribution >= 0.6 is 0 Å². The van der Waals surface area contributed by atoms with Crippen LogP contribution in [0.25, 0.3) is 0 Å². The van der Waals surface area contributed by atoms with E-state index in [0.717, 1.165) is 36.5 Å². The molecule has 2 rings (SSSR count). The van der Waals surface area contributed by atoms with Gasteiger partial charge in [0.1, 0.15) is 6.10 Å². The van der Waals surface area contributed by atoms with Crippen LogP contribution in [0.15, 0.2) is 48.5 Å². The molecule has 5 nitrogen and oxygen atoms in total. The fourth-order valence-electron chi connectivity index (χ4n) is 2.18. The molecular weight excluding hydrogens is 306 g/mol. The first-order valence-corrected chi connectivity index (χ1v) is 7.84. The summed E-state index contributed by atoms with van der Waals surface area (Å²) in [5.41, 5.74) is 9.53. The van der Waals surface area contributed by atoms with Gasteiger partial charge in [-0.1, -0.05) is 48.5 Å². The van der Waals surface area contributed by atoms with Crippen molar-refractivity contribution in [3.63, 3.8) is 0 Å². The molecule has 0 aliphatic heterocycles. The van der Waals surface area contributed by atoms with Crippen LogP contribution in [0, 0.1) is 0 Å². The SMILES string of the molecule is CC(=O)O.NCc1ccc(C(O)c2ccc(CCCO)cc2)cc1. The van der Waals surface area contributed by atoms with Gasteiger partial charge in [-0.15, -0.1) is 0 Å². The van der Waals surface area contributed by atoms with Crippen molar-refractivity contribution < 1.29 is 20.1 Å². The fraction of sp³-hybridized carbons (Fsp3) is 0.316. The topological polar surface area (TPSA) is 104 Å². The van der Waals surface area contributed by atoms with Gasteiger partial charge in [0, 0.05) is 20.1 Å². The molecule has 2 aromatic rings. The predicted molar refractivity (Wildman–Crippen MR) is 93.6 cm³/mol. The minimum absolute atomic E-state index is 0.206. The molecule has 5 N–H and O–H groups in total. The van der Waals surface area contributed by atoms with Gasteiger partial charge in [0.2, 0.25) is 0 Å². The molecule has 1 atom stereocenters. The number of aliphatic hydroxyl groups excluding tert-OH is 2. The summed E-state index contributed by atoms with van der Waals surface area (Å²) in [6.45, 7) is 1.80. The van der Waals surface area contributed by atoms with E-state index in [4.69, 9.17) is 20.7 Å². The molecule has 0 spiro atoms. The Bertz CT molecular complexity index is 604. The fourth-order valence-corrected chi connectivity index (χ4v) is 2.18. The molecule has 130 valence electrons. The lowest BCUT2D eigenvalue weighted by molar-refractivity contribution is -0.134. The van der Waals surface area contributed by atoms with Gasteiger partial charge in [-0.3, -0.25) is 4.79 Å². The number of carbonyl (C=O) groups is 1. The zero-order valence-electron chi connectivity index (χ0n) is 13.9. The second kappa shape index (κ2) is 10.5. The molecule has 1 unspecified atom stereocenters. The second-order valence-corrected chi connectivity index (χ2v) is 5.44. The van der Waals surface area contributed by atoms with Crippen LogP contribution in [-0.4, -0.2) is 27.9 Å². The molecule has 0 saturated carbocycles.